The summed E-state index contributed by atoms with van der Waals surface area (Å²) in [5.41, 5.74) is 0. The molecule has 0 aromatic heterocycles. The Morgan fingerprint density at radius 2 is 1.45 bits per heavy atom. The van der Waals surface area contributed by atoms with Gasteiger partial charge in [0.25, 0.3) is 0 Å². The van der Waals surface area contributed by atoms with E-state index < -0.39 is 4.96 Å². The maximum atomic E-state index is 8.47. The van der Waals surface area contributed by atoms with Crippen LogP contribution in [0.1, 0.15) is 0 Å². The van der Waals surface area contributed by atoms with Crippen molar-refractivity contribution in [3.05, 3.63) is 0 Å². The number of rotatable bonds is 5. The summed E-state index contributed by atoms with van der Waals surface area (Å²) < 4.78 is 0. The van der Waals surface area contributed by atoms with Gasteiger partial charge in [-0.1, -0.05) is 23.2 Å². The lowest BCUT2D eigenvalue weighted by Gasteiger charge is -2.20. The van der Waals surface area contributed by atoms with Crippen molar-refractivity contribution >= 4 is 35.6 Å². The normalized spacial score (nSPS) is 10.4. The third-order valence-corrected chi connectivity index (χ3v) is 1.60. The molecule has 0 heterocycles. The van der Waals surface area contributed by atoms with Crippen LogP contribution >= 0.6 is 35.6 Å². The van der Waals surface area contributed by atoms with E-state index in [1.165, 1.54) is 0 Å². The average molecular weight is 225 g/mol. The lowest BCUT2D eigenvalue weighted by Crippen LogP contribution is -2.33. The minimum Gasteiger partial charge on any atom is -0.395 e. The van der Waals surface area contributed by atoms with Crippen LogP contribution in [-0.4, -0.2) is 46.4 Å². The quantitative estimate of drug-likeness (QED) is 0.527. The average Bonchev–Trinajstić information content (AvgIpc) is 1.87. The first kappa shape index (κ1) is 14.3. The second-order valence-electron chi connectivity index (χ2n) is 1.76. The van der Waals surface area contributed by atoms with Gasteiger partial charge in [-0.15, -0.1) is 12.4 Å². The maximum absolute atomic E-state index is 8.47. The highest BCUT2D eigenvalue weighted by Gasteiger charge is 2.10. The Bertz CT molecular complexity index is 78.1. The van der Waals surface area contributed by atoms with Crippen LogP contribution in [-0.2, 0) is 0 Å². The van der Waals surface area contributed by atoms with Crippen molar-refractivity contribution in [2.75, 3.05) is 26.3 Å². The summed E-state index contributed by atoms with van der Waals surface area (Å²) in [5.74, 6) is 0. The largest absolute Gasteiger partial charge is 0.395 e. The number of hydrogen-bond acceptors (Lipinski definition) is 3. The van der Waals surface area contributed by atoms with Crippen molar-refractivity contribution in [1.29, 1.82) is 0 Å². The Hall–Kier alpha value is 0.750. The second kappa shape index (κ2) is 8.84. The molecule has 11 heavy (non-hydrogen) atoms. The minimum atomic E-state index is -0.653. The zero-order valence-electron chi connectivity index (χ0n) is 5.91. The van der Waals surface area contributed by atoms with E-state index in [1.807, 2.05) is 0 Å². The Morgan fingerprint density at radius 3 is 1.64 bits per heavy atom. The fraction of sp³-hybridized carbons (Fsp3) is 1.00. The first-order valence-corrected chi connectivity index (χ1v) is 3.83. The predicted molar refractivity (Wildman–Crippen MR) is 48.5 cm³/mol. The van der Waals surface area contributed by atoms with Gasteiger partial charge in [-0.05, 0) is 0 Å². The molecule has 3 nitrogen and oxygen atoms in total. The molecule has 0 aromatic rings. The summed E-state index contributed by atoms with van der Waals surface area (Å²) in [6.07, 6.45) is 0. The van der Waals surface area contributed by atoms with Gasteiger partial charge in [0.05, 0.1) is 13.2 Å². The van der Waals surface area contributed by atoms with E-state index in [-0.39, 0.29) is 25.6 Å². The number of alkyl halides is 2. The molecule has 0 radical (unpaired) electrons. The molecule has 0 aliphatic carbocycles. The third kappa shape index (κ3) is 7.12. The third-order valence-electron chi connectivity index (χ3n) is 1.05. The van der Waals surface area contributed by atoms with Crippen molar-refractivity contribution in [3.63, 3.8) is 0 Å². The summed E-state index contributed by atoms with van der Waals surface area (Å²) in [5, 5.41) is 16.9. The molecule has 0 spiro atoms. The molecule has 0 aliphatic heterocycles. The first-order chi connectivity index (χ1) is 4.72. The number of aliphatic hydroxyl groups is 2. The van der Waals surface area contributed by atoms with Crippen LogP contribution in [0.5, 0.6) is 0 Å². The molecule has 6 heteroatoms. The number of halogens is 3. The van der Waals surface area contributed by atoms with E-state index in [1.54, 1.807) is 4.90 Å². The minimum absolute atomic E-state index is 0. The monoisotopic (exact) mass is 223 g/mol. The number of nitrogens with zero attached hydrogens (tertiary/aromatic N) is 1. The van der Waals surface area contributed by atoms with Gasteiger partial charge in [-0.3, -0.25) is 4.90 Å². The molecule has 70 valence electrons. The molecular weight excluding hydrogens is 212 g/mol. The van der Waals surface area contributed by atoms with E-state index >= 15 is 0 Å². The summed E-state index contributed by atoms with van der Waals surface area (Å²) in [6, 6.07) is 0. The van der Waals surface area contributed by atoms with Crippen molar-refractivity contribution < 1.29 is 10.2 Å². The van der Waals surface area contributed by atoms with Crippen LogP contribution in [0, 0.1) is 0 Å². The SMILES string of the molecule is Cl.OCCN(CCO)C(Cl)Cl. The van der Waals surface area contributed by atoms with Gasteiger partial charge in [0, 0.05) is 13.1 Å². The molecule has 0 saturated heterocycles. The van der Waals surface area contributed by atoms with Gasteiger partial charge >= 0.3 is 0 Å². The Balaban J connectivity index is 0. The molecular formula is C5H12Cl3NO2. The van der Waals surface area contributed by atoms with Gasteiger partial charge in [0.1, 0.15) is 0 Å². The van der Waals surface area contributed by atoms with Crippen molar-refractivity contribution in [2.24, 2.45) is 0 Å². The number of aliphatic hydroxyl groups excluding tert-OH is 2. The van der Waals surface area contributed by atoms with Crippen molar-refractivity contribution in [3.8, 4) is 0 Å². The highest BCUT2D eigenvalue weighted by atomic mass is 35.5. The maximum Gasteiger partial charge on any atom is 0.160 e. The van der Waals surface area contributed by atoms with Crippen LogP contribution in [0.2, 0.25) is 0 Å². The van der Waals surface area contributed by atoms with Gasteiger partial charge in [-0.2, -0.15) is 0 Å². The molecule has 0 atom stereocenters. The van der Waals surface area contributed by atoms with Gasteiger partial charge < -0.3 is 10.2 Å². The van der Waals surface area contributed by atoms with Gasteiger partial charge in [-0.25, -0.2) is 0 Å². The van der Waals surface area contributed by atoms with Gasteiger partial charge in [0.15, 0.2) is 4.96 Å². The summed E-state index contributed by atoms with van der Waals surface area (Å²) in [4.78, 5) is 0.905. The number of hydrogen-bond donors (Lipinski definition) is 2. The first-order valence-electron chi connectivity index (χ1n) is 2.96. The Kier molecular flexibility index (Phi) is 11.5. The molecule has 0 rings (SSSR count). The van der Waals surface area contributed by atoms with Crippen LogP contribution in [0.15, 0.2) is 0 Å². The fourth-order valence-electron chi connectivity index (χ4n) is 0.564. The lowest BCUT2D eigenvalue weighted by atomic mass is 10.5. The Labute approximate surface area is 82.3 Å². The molecule has 0 saturated carbocycles. The van der Waals surface area contributed by atoms with Crippen LogP contribution < -0.4 is 0 Å². The Morgan fingerprint density at radius 1 is 1.09 bits per heavy atom. The summed E-state index contributed by atoms with van der Waals surface area (Å²) >= 11 is 10.9. The molecule has 0 amide bonds. The van der Waals surface area contributed by atoms with Crippen LogP contribution in [0.4, 0.5) is 0 Å². The highest BCUT2D eigenvalue weighted by Crippen LogP contribution is 2.07. The van der Waals surface area contributed by atoms with Crippen LogP contribution in [0.25, 0.3) is 0 Å². The molecule has 0 unspecified atom stereocenters. The fourth-order valence-corrected chi connectivity index (χ4v) is 0.954. The summed E-state index contributed by atoms with van der Waals surface area (Å²) in [7, 11) is 0. The van der Waals surface area contributed by atoms with Gasteiger partial charge in [0.2, 0.25) is 0 Å². The zero-order valence-corrected chi connectivity index (χ0v) is 8.24. The molecule has 0 aliphatic rings. The van der Waals surface area contributed by atoms with Crippen LogP contribution in [0.3, 0.4) is 0 Å². The zero-order chi connectivity index (χ0) is 7.98. The smallest absolute Gasteiger partial charge is 0.160 e. The predicted octanol–water partition coefficient (Wildman–Crippen LogP) is 0.456. The van der Waals surface area contributed by atoms with Crippen molar-refractivity contribution in [1.82, 2.24) is 4.90 Å². The molecule has 0 fully saturated rings. The van der Waals surface area contributed by atoms with E-state index in [9.17, 15) is 0 Å². The van der Waals surface area contributed by atoms with E-state index in [0.717, 1.165) is 0 Å². The van der Waals surface area contributed by atoms with E-state index in [0.29, 0.717) is 13.1 Å². The summed E-state index contributed by atoms with van der Waals surface area (Å²) in [6.45, 7) is 0.766. The molecule has 2 N–H and O–H groups in total. The lowest BCUT2D eigenvalue weighted by molar-refractivity contribution is 0.169. The van der Waals surface area contributed by atoms with E-state index in [4.69, 9.17) is 33.4 Å². The highest BCUT2D eigenvalue weighted by molar-refractivity contribution is 6.43. The molecule has 0 aromatic carbocycles. The van der Waals surface area contributed by atoms with Crippen molar-refractivity contribution in [2.45, 2.75) is 4.96 Å². The second-order valence-corrected chi connectivity index (χ2v) is 2.81. The standard InChI is InChI=1S/C5H11Cl2NO2.ClH/c6-5(7)8(1-3-9)2-4-10;/h5,9-10H,1-4H2;1H. The molecule has 0 bridgehead atoms. The van der Waals surface area contributed by atoms with E-state index in [2.05, 4.69) is 0 Å². The topological polar surface area (TPSA) is 43.7 Å².